The number of rotatable bonds is 7. The molecular formula is C12H18ClNO2S. The van der Waals surface area contributed by atoms with Gasteiger partial charge in [0.15, 0.2) is 9.84 Å². The number of hydrogen-bond acceptors (Lipinski definition) is 3. The molecule has 3 nitrogen and oxygen atoms in total. The maximum absolute atomic E-state index is 11.9. The fourth-order valence-electron chi connectivity index (χ4n) is 1.45. The quantitative estimate of drug-likeness (QED) is 0.778. The van der Waals surface area contributed by atoms with Crippen molar-refractivity contribution in [1.29, 1.82) is 0 Å². The summed E-state index contributed by atoms with van der Waals surface area (Å²) in [6.45, 7) is 3.75. The number of nitrogens with one attached hydrogen (secondary N) is 1. The van der Waals surface area contributed by atoms with Crippen LogP contribution in [-0.2, 0) is 9.84 Å². The lowest BCUT2D eigenvalue weighted by molar-refractivity contribution is 0.588. The van der Waals surface area contributed by atoms with Crippen molar-refractivity contribution in [3.05, 3.63) is 29.3 Å². The predicted molar refractivity (Wildman–Crippen MR) is 71.3 cm³/mol. The van der Waals surface area contributed by atoms with Crippen LogP contribution in [0.2, 0.25) is 5.02 Å². The summed E-state index contributed by atoms with van der Waals surface area (Å²) >= 11 is 5.72. The molecule has 0 unspecified atom stereocenters. The molecule has 0 aromatic heterocycles. The molecule has 96 valence electrons. The van der Waals surface area contributed by atoms with Crippen molar-refractivity contribution in [2.24, 2.45) is 0 Å². The third-order valence-electron chi connectivity index (χ3n) is 2.37. The van der Waals surface area contributed by atoms with Gasteiger partial charge in [-0.25, -0.2) is 8.42 Å². The number of benzene rings is 1. The molecule has 0 bridgehead atoms. The van der Waals surface area contributed by atoms with Crippen LogP contribution in [0.3, 0.4) is 0 Å². The second-order valence-corrected chi connectivity index (χ2v) is 6.42. The minimum absolute atomic E-state index is 0.172. The van der Waals surface area contributed by atoms with Crippen molar-refractivity contribution in [2.75, 3.05) is 18.8 Å². The van der Waals surface area contributed by atoms with Gasteiger partial charge in [-0.2, -0.15) is 0 Å². The molecule has 0 spiro atoms. The van der Waals surface area contributed by atoms with Gasteiger partial charge < -0.3 is 5.32 Å². The zero-order valence-corrected chi connectivity index (χ0v) is 11.5. The van der Waals surface area contributed by atoms with Crippen LogP contribution >= 0.6 is 11.6 Å². The summed E-state index contributed by atoms with van der Waals surface area (Å²) in [5.41, 5.74) is 0. The van der Waals surface area contributed by atoms with Crippen LogP contribution in [0.5, 0.6) is 0 Å². The highest BCUT2D eigenvalue weighted by atomic mass is 35.5. The minimum Gasteiger partial charge on any atom is -0.317 e. The molecule has 0 fully saturated rings. The minimum atomic E-state index is -3.16. The molecule has 1 aromatic carbocycles. The Morgan fingerprint density at radius 2 is 1.82 bits per heavy atom. The first-order valence-corrected chi connectivity index (χ1v) is 7.78. The van der Waals surface area contributed by atoms with E-state index in [4.69, 9.17) is 11.6 Å². The van der Waals surface area contributed by atoms with Crippen molar-refractivity contribution in [1.82, 2.24) is 5.32 Å². The van der Waals surface area contributed by atoms with Gasteiger partial charge in [-0.05, 0) is 50.2 Å². The summed E-state index contributed by atoms with van der Waals surface area (Å²) in [6.07, 6.45) is 1.69. The third-order valence-corrected chi connectivity index (χ3v) is 4.43. The lowest BCUT2D eigenvalue weighted by Crippen LogP contribution is -2.19. The molecule has 0 aliphatic rings. The number of halogens is 1. The largest absolute Gasteiger partial charge is 0.317 e. The van der Waals surface area contributed by atoms with Crippen LogP contribution in [0, 0.1) is 0 Å². The average molecular weight is 276 g/mol. The zero-order chi connectivity index (χ0) is 12.7. The predicted octanol–water partition coefficient (Wildman–Crippen LogP) is 2.50. The van der Waals surface area contributed by atoms with Gasteiger partial charge in [0.1, 0.15) is 0 Å². The van der Waals surface area contributed by atoms with E-state index >= 15 is 0 Å². The zero-order valence-electron chi connectivity index (χ0n) is 9.95. The number of sulfone groups is 1. The van der Waals surface area contributed by atoms with Gasteiger partial charge >= 0.3 is 0 Å². The van der Waals surface area contributed by atoms with Gasteiger partial charge in [0.05, 0.1) is 10.6 Å². The fraction of sp³-hybridized carbons (Fsp3) is 0.500. The van der Waals surface area contributed by atoms with Crippen LogP contribution in [0.1, 0.15) is 19.8 Å². The van der Waals surface area contributed by atoms with Crippen LogP contribution in [0.4, 0.5) is 0 Å². The van der Waals surface area contributed by atoms with Gasteiger partial charge in [0.2, 0.25) is 0 Å². The topological polar surface area (TPSA) is 46.2 Å². The van der Waals surface area contributed by atoms with Crippen LogP contribution < -0.4 is 5.32 Å². The van der Waals surface area contributed by atoms with E-state index in [1.54, 1.807) is 24.3 Å². The van der Waals surface area contributed by atoms with E-state index in [-0.39, 0.29) is 5.75 Å². The Hall–Kier alpha value is -0.580. The Morgan fingerprint density at radius 1 is 1.18 bits per heavy atom. The highest BCUT2D eigenvalue weighted by molar-refractivity contribution is 7.91. The molecule has 0 aliphatic heterocycles. The molecular weight excluding hydrogens is 258 g/mol. The Bertz CT molecular complexity index is 428. The fourth-order valence-corrected chi connectivity index (χ4v) is 2.89. The molecule has 0 aliphatic carbocycles. The molecule has 0 heterocycles. The monoisotopic (exact) mass is 275 g/mol. The molecule has 1 aromatic rings. The van der Waals surface area contributed by atoms with Crippen LogP contribution in [0.25, 0.3) is 0 Å². The molecule has 0 radical (unpaired) electrons. The van der Waals surface area contributed by atoms with E-state index in [9.17, 15) is 8.42 Å². The summed E-state index contributed by atoms with van der Waals surface area (Å²) in [6, 6.07) is 6.31. The highest BCUT2D eigenvalue weighted by Crippen LogP contribution is 2.15. The summed E-state index contributed by atoms with van der Waals surface area (Å²) in [5.74, 6) is 0.172. The second-order valence-electron chi connectivity index (χ2n) is 3.88. The molecule has 0 atom stereocenters. The summed E-state index contributed by atoms with van der Waals surface area (Å²) in [5, 5.41) is 3.73. The molecule has 0 saturated carbocycles. The van der Waals surface area contributed by atoms with Gasteiger partial charge in [-0.1, -0.05) is 18.5 Å². The third kappa shape index (κ3) is 5.06. The first-order chi connectivity index (χ1) is 8.06. The van der Waals surface area contributed by atoms with Crippen molar-refractivity contribution in [3.63, 3.8) is 0 Å². The van der Waals surface area contributed by atoms with Crippen molar-refractivity contribution in [3.8, 4) is 0 Å². The van der Waals surface area contributed by atoms with Crippen molar-refractivity contribution in [2.45, 2.75) is 24.7 Å². The maximum atomic E-state index is 11.9. The normalized spacial score (nSPS) is 11.6. The van der Waals surface area contributed by atoms with E-state index in [1.807, 2.05) is 0 Å². The lowest BCUT2D eigenvalue weighted by Gasteiger charge is -2.05. The van der Waals surface area contributed by atoms with Crippen LogP contribution in [-0.4, -0.2) is 27.3 Å². The Labute approximate surface area is 108 Å². The summed E-state index contributed by atoms with van der Waals surface area (Å²) in [7, 11) is -3.16. The summed E-state index contributed by atoms with van der Waals surface area (Å²) in [4.78, 5) is 0.345. The molecule has 1 N–H and O–H groups in total. The first kappa shape index (κ1) is 14.5. The van der Waals surface area contributed by atoms with E-state index in [0.717, 1.165) is 19.5 Å². The lowest BCUT2D eigenvalue weighted by atomic mass is 10.4. The van der Waals surface area contributed by atoms with Crippen molar-refractivity contribution < 1.29 is 8.42 Å². The van der Waals surface area contributed by atoms with Crippen molar-refractivity contribution >= 4 is 21.4 Å². The standard InChI is InChI=1S/C12H18ClNO2S/c1-2-8-14-9-3-10-17(15,16)12-6-4-11(13)5-7-12/h4-7,14H,2-3,8-10H2,1H3. The Balaban J connectivity index is 2.48. The Morgan fingerprint density at radius 3 is 2.41 bits per heavy atom. The van der Waals surface area contributed by atoms with Gasteiger partial charge in [0.25, 0.3) is 0 Å². The number of hydrogen-bond donors (Lipinski definition) is 1. The SMILES string of the molecule is CCCNCCCS(=O)(=O)c1ccc(Cl)cc1. The van der Waals surface area contributed by atoms with E-state index in [1.165, 1.54) is 0 Å². The average Bonchev–Trinajstić information content (AvgIpc) is 2.29. The van der Waals surface area contributed by atoms with Gasteiger partial charge in [-0.3, -0.25) is 0 Å². The van der Waals surface area contributed by atoms with E-state index in [0.29, 0.717) is 16.3 Å². The molecule has 1 rings (SSSR count). The second kappa shape index (κ2) is 6.99. The molecule has 5 heteroatoms. The first-order valence-electron chi connectivity index (χ1n) is 5.75. The van der Waals surface area contributed by atoms with E-state index < -0.39 is 9.84 Å². The molecule has 0 saturated heterocycles. The van der Waals surface area contributed by atoms with E-state index in [2.05, 4.69) is 12.2 Å². The molecule has 0 amide bonds. The summed E-state index contributed by atoms with van der Waals surface area (Å²) < 4.78 is 23.8. The Kier molecular flexibility index (Phi) is 5.95. The maximum Gasteiger partial charge on any atom is 0.178 e. The van der Waals surface area contributed by atoms with Gasteiger partial charge in [0, 0.05) is 5.02 Å². The van der Waals surface area contributed by atoms with Crippen LogP contribution in [0.15, 0.2) is 29.2 Å². The molecule has 17 heavy (non-hydrogen) atoms. The highest BCUT2D eigenvalue weighted by Gasteiger charge is 2.13. The van der Waals surface area contributed by atoms with Gasteiger partial charge in [-0.15, -0.1) is 0 Å². The smallest absolute Gasteiger partial charge is 0.178 e.